The van der Waals surface area contributed by atoms with E-state index >= 15 is 0 Å². The average molecular weight is 478 g/mol. The first-order valence-electron chi connectivity index (χ1n) is 11.7. The van der Waals surface area contributed by atoms with Crippen LogP contribution in [0.2, 0.25) is 0 Å². The number of ether oxygens (including phenoxy) is 1. The number of hydrogen-bond donors (Lipinski definition) is 2. The van der Waals surface area contributed by atoms with Crippen LogP contribution in [0.4, 0.5) is 11.6 Å². The SMILES string of the molecule is CCCCOc1ccc(C2C(C(=O)Nc3cccc(C)c3)=C(C)Nc3nc(SCC)nn32)cc1. The fraction of sp³-hybridized carbons (Fsp3) is 0.346. The largest absolute Gasteiger partial charge is 0.494 e. The summed E-state index contributed by atoms with van der Waals surface area (Å²) in [6.07, 6.45) is 2.10. The summed E-state index contributed by atoms with van der Waals surface area (Å²) in [5.74, 6) is 2.15. The number of carbonyl (C=O) groups is 1. The van der Waals surface area contributed by atoms with Crippen LogP contribution in [0, 0.1) is 6.92 Å². The third-order valence-corrected chi connectivity index (χ3v) is 6.31. The van der Waals surface area contributed by atoms with Crippen LogP contribution >= 0.6 is 11.8 Å². The summed E-state index contributed by atoms with van der Waals surface area (Å²) in [5, 5.41) is 11.8. The Bertz CT molecular complexity index is 1190. The highest BCUT2D eigenvalue weighted by molar-refractivity contribution is 7.99. The molecular weight excluding hydrogens is 446 g/mol. The van der Waals surface area contributed by atoms with E-state index in [1.54, 1.807) is 11.8 Å². The summed E-state index contributed by atoms with van der Waals surface area (Å²) in [5.41, 5.74) is 4.14. The normalized spacial score (nSPS) is 15.0. The lowest BCUT2D eigenvalue weighted by Gasteiger charge is -2.28. The number of aryl methyl sites for hydroxylation is 1. The second-order valence-electron chi connectivity index (χ2n) is 8.26. The van der Waals surface area contributed by atoms with Crippen molar-refractivity contribution in [2.45, 2.75) is 51.7 Å². The molecule has 1 aliphatic rings. The fourth-order valence-electron chi connectivity index (χ4n) is 3.93. The Morgan fingerprint density at radius 1 is 1.18 bits per heavy atom. The second kappa shape index (κ2) is 10.8. The Morgan fingerprint density at radius 3 is 2.68 bits per heavy atom. The van der Waals surface area contributed by atoms with Crippen LogP contribution in [0.15, 0.2) is 65.0 Å². The molecule has 34 heavy (non-hydrogen) atoms. The number of thioether (sulfide) groups is 1. The molecule has 2 heterocycles. The molecule has 1 unspecified atom stereocenters. The predicted molar refractivity (Wildman–Crippen MR) is 138 cm³/mol. The summed E-state index contributed by atoms with van der Waals surface area (Å²) >= 11 is 1.57. The standard InChI is InChI=1S/C26H31N5O2S/c1-5-7-15-33-21-13-11-19(12-14-21)23-22(24(32)28-20-10-8-9-17(3)16-20)18(4)27-25-29-26(34-6-2)30-31(23)25/h8-14,16,23H,5-7,15H2,1-4H3,(H,28,32)(H,27,29,30). The summed E-state index contributed by atoms with van der Waals surface area (Å²) < 4.78 is 7.65. The fourth-order valence-corrected chi connectivity index (χ4v) is 4.48. The summed E-state index contributed by atoms with van der Waals surface area (Å²) in [4.78, 5) is 18.2. The Labute approximate surface area is 205 Å². The molecule has 8 heteroatoms. The maximum atomic E-state index is 13.6. The lowest BCUT2D eigenvalue weighted by Crippen LogP contribution is -2.31. The third-order valence-electron chi connectivity index (χ3n) is 5.59. The van der Waals surface area contributed by atoms with E-state index in [-0.39, 0.29) is 5.91 Å². The monoisotopic (exact) mass is 477 g/mol. The van der Waals surface area contributed by atoms with Crippen LogP contribution in [0.25, 0.3) is 0 Å². The number of carbonyl (C=O) groups excluding carboxylic acids is 1. The third kappa shape index (κ3) is 5.28. The molecule has 0 saturated carbocycles. The molecule has 1 aromatic heterocycles. The van der Waals surface area contributed by atoms with Crippen molar-refractivity contribution in [2.75, 3.05) is 23.0 Å². The highest BCUT2D eigenvalue weighted by atomic mass is 32.2. The van der Waals surface area contributed by atoms with E-state index in [1.807, 2.05) is 67.1 Å². The van der Waals surface area contributed by atoms with Gasteiger partial charge >= 0.3 is 0 Å². The van der Waals surface area contributed by atoms with Crippen molar-refractivity contribution in [2.24, 2.45) is 0 Å². The van der Waals surface area contributed by atoms with Crippen LogP contribution in [-0.2, 0) is 4.79 Å². The quantitative estimate of drug-likeness (QED) is 0.299. The molecule has 1 atom stereocenters. The minimum atomic E-state index is -0.413. The number of anilines is 2. The minimum Gasteiger partial charge on any atom is -0.494 e. The van der Waals surface area contributed by atoms with Crippen molar-refractivity contribution in [1.29, 1.82) is 0 Å². The molecule has 0 fully saturated rings. The molecule has 0 saturated heterocycles. The number of rotatable bonds is 9. The maximum absolute atomic E-state index is 13.6. The topological polar surface area (TPSA) is 81.1 Å². The molecule has 0 radical (unpaired) electrons. The number of nitrogens with one attached hydrogen (secondary N) is 2. The molecule has 0 spiro atoms. The van der Waals surface area contributed by atoms with E-state index in [1.165, 1.54) is 0 Å². The molecule has 3 aromatic rings. The number of unbranched alkanes of at least 4 members (excludes halogenated alkanes) is 1. The number of benzene rings is 2. The number of amides is 1. The van der Waals surface area contributed by atoms with Crippen LogP contribution in [0.3, 0.4) is 0 Å². The summed E-state index contributed by atoms with van der Waals surface area (Å²) in [7, 11) is 0. The van der Waals surface area contributed by atoms with Gasteiger partial charge < -0.3 is 15.4 Å². The number of hydrogen-bond acceptors (Lipinski definition) is 6. The highest BCUT2D eigenvalue weighted by Crippen LogP contribution is 2.37. The van der Waals surface area contributed by atoms with Gasteiger partial charge in [0, 0.05) is 11.4 Å². The van der Waals surface area contributed by atoms with E-state index < -0.39 is 6.04 Å². The van der Waals surface area contributed by atoms with E-state index in [9.17, 15) is 4.79 Å². The molecule has 7 nitrogen and oxygen atoms in total. The highest BCUT2D eigenvalue weighted by Gasteiger charge is 2.34. The van der Waals surface area contributed by atoms with Gasteiger partial charge in [0.1, 0.15) is 11.8 Å². The first-order valence-corrected chi connectivity index (χ1v) is 12.7. The van der Waals surface area contributed by atoms with Crippen molar-refractivity contribution in [3.05, 3.63) is 70.9 Å². The lowest BCUT2D eigenvalue weighted by atomic mass is 9.95. The van der Waals surface area contributed by atoms with Gasteiger partial charge in [-0.3, -0.25) is 4.79 Å². The van der Waals surface area contributed by atoms with Crippen LogP contribution in [0.5, 0.6) is 5.75 Å². The molecule has 2 N–H and O–H groups in total. The zero-order valence-corrected chi connectivity index (χ0v) is 20.9. The summed E-state index contributed by atoms with van der Waals surface area (Å²) in [6.45, 7) is 8.81. The average Bonchev–Trinajstić information content (AvgIpc) is 3.21. The maximum Gasteiger partial charge on any atom is 0.255 e. The van der Waals surface area contributed by atoms with Gasteiger partial charge in [0.15, 0.2) is 0 Å². The predicted octanol–water partition coefficient (Wildman–Crippen LogP) is 5.81. The van der Waals surface area contributed by atoms with E-state index in [0.717, 1.165) is 46.9 Å². The van der Waals surface area contributed by atoms with Gasteiger partial charge in [0.2, 0.25) is 11.1 Å². The van der Waals surface area contributed by atoms with Gasteiger partial charge in [-0.15, -0.1) is 5.10 Å². The number of aromatic nitrogens is 3. The van der Waals surface area contributed by atoms with Crippen LogP contribution < -0.4 is 15.4 Å². The van der Waals surface area contributed by atoms with Gasteiger partial charge in [-0.1, -0.05) is 56.3 Å². The van der Waals surface area contributed by atoms with Crippen LogP contribution in [-0.4, -0.2) is 33.0 Å². The molecule has 0 aliphatic carbocycles. The first kappa shape index (κ1) is 23.9. The molecule has 2 aromatic carbocycles. The van der Waals surface area contributed by atoms with Crippen molar-refractivity contribution in [3.63, 3.8) is 0 Å². The summed E-state index contributed by atoms with van der Waals surface area (Å²) in [6, 6.07) is 15.3. The smallest absolute Gasteiger partial charge is 0.255 e. The molecular formula is C26H31N5O2S. The number of nitrogens with zero attached hydrogens (tertiary/aromatic N) is 3. The Balaban J connectivity index is 1.70. The number of fused-ring (bicyclic) bond motifs is 1. The van der Waals surface area contributed by atoms with Crippen molar-refractivity contribution < 1.29 is 9.53 Å². The lowest BCUT2D eigenvalue weighted by molar-refractivity contribution is -0.113. The molecule has 1 amide bonds. The van der Waals surface area contributed by atoms with E-state index in [2.05, 4.69) is 29.5 Å². The van der Waals surface area contributed by atoms with Crippen LogP contribution in [0.1, 0.15) is 50.8 Å². The Kier molecular flexibility index (Phi) is 7.57. The zero-order chi connectivity index (χ0) is 24.1. The van der Waals surface area contributed by atoms with Gasteiger partial charge in [0.25, 0.3) is 5.91 Å². The Morgan fingerprint density at radius 2 is 1.97 bits per heavy atom. The second-order valence-corrected chi connectivity index (χ2v) is 9.49. The van der Waals surface area contributed by atoms with Crippen molar-refractivity contribution in [3.8, 4) is 5.75 Å². The molecule has 0 bridgehead atoms. The zero-order valence-electron chi connectivity index (χ0n) is 20.1. The number of allylic oxidation sites excluding steroid dienone is 1. The van der Waals surface area contributed by atoms with Crippen molar-refractivity contribution >= 4 is 29.3 Å². The van der Waals surface area contributed by atoms with E-state index in [4.69, 9.17) is 9.84 Å². The van der Waals surface area contributed by atoms with Gasteiger partial charge in [-0.25, -0.2) is 4.68 Å². The first-order chi connectivity index (χ1) is 16.5. The molecule has 1 aliphatic heterocycles. The minimum absolute atomic E-state index is 0.172. The van der Waals surface area contributed by atoms with E-state index in [0.29, 0.717) is 23.3 Å². The Hall–Kier alpha value is -3.26. The molecule has 4 rings (SSSR count). The molecule has 178 valence electrons. The van der Waals surface area contributed by atoms with Crippen molar-refractivity contribution in [1.82, 2.24) is 14.8 Å². The van der Waals surface area contributed by atoms with Gasteiger partial charge in [0.05, 0.1) is 12.2 Å². The van der Waals surface area contributed by atoms with Gasteiger partial charge in [-0.05, 0) is 61.4 Å². The van der Waals surface area contributed by atoms with Gasteiger partial charge in [-0.2, -0.15) is 4.98 Å².